The van der Waals surface area contributed by atoms with Gasteiger partial charge in [-0.15, -0.1) is 6.42 Å². The summed E-state index contributed by atoms with van der Waals surface area (Å²) >= 11 is 0. The van der Waals surface area contributed by atoms with Crippen LogP contribution in [0.2, 0.25) is 0 Å². The van der Waals surface area contributed by atoms with Crippen molar-refractivity contribution < 1.29 is 0 Å². The molecule has 0 aliphatic heterocycles. The van der Waals surface area contributed by atoms with E-state index in [1.54, 1.807) is 0 Å². The Kier molecular flexibility index (Phi) is 4.54. The Morgan fingerprint density at radius 1 is 1.37 bits per heavy atom. The number of nitrogens with one attached hydrogen (secondary N) is 1. The molecule has 0 fully saturated rings. The molecule has 19 heavy (non-hydrogen) atoms. The van der Waals surface area contributed by atoms with Gasteiger partial charge in [0.05, 0.1) is 11.6 Å². The fourth-order valence-corrected chi connectivity index (χ4v) is 2.31. The van der Waals surface area contributed by atoms with E-state index in [2.05, 4.69) is 41.3 Å². The molecule has 0 radical (unpaired) electrons. The number of terminal acetylenes is 1. The number of hydrogen-bond donors (Lipinski definition) is 1. The van der Waals surface area contributed by atoms with Crippen LogP contribution in [0.25, 0.3) is 10.9 Å². The lowest BCUT2D eigenvalue weighted by Crippen LogP contribution is -2.26. The molecule has 0 saturated heterocycles. The van der Waals surface area contributed by atoms with Gasteiger partial charge in [0.25, 0.3) is 0 Å². The maximum absolute atomic E-state index is 5.54. The van der Waals surface area contributed by atoms with Gasteiger partial charge in [0.2, 0.25) is 0 Å². The second-order valence-corrected chi connectivity index (χ2v) is 4.83. The highest BCUT2D eigenvalue weighted by Crippen LogP contribution is 2.18. The quantitative estimate of drug-likeness (QED) is 0.825. The van der Waals surface area contributed by atoms with E-state index in [0.717, 1.165) is 30.6 Å². The summed E-state index contributed by atoms with van der Waals surface area (Å²) in [6.07, 6.45) is 7.65. The molecule has 0 aliphatic rings. The van der Waals surface area contributed by atoms with E-state index < -0.39 is 0 Å². The first kappa shape index (κ1) is 13.6. The molecule has 2 heteroatoms. The maximum Gasteiger partial charge on any atom is 0.0708 e. The first-order chi connectivity index (χ1) is 9.24. The molecule has 0 bridgehead atoms. The summed E-state index contributed by atoms with van der Waals surface area (Å²) in [7, 11) is 0. The van der Waals surface area contributed by atoms with E-state index in [0.29, 0.717) is 0 Å². The Morgan fingerprint density at radius 2 is 2.16 bits per heavy atom. The van der Waals surface area contributed by atoms with Crippen LogP contribution in [0.1, 0.15) is 31.0 Å². The van der Waals surface area contributed by atoms with E-state index in [4.69, 9.17) is 6.42 Å². The molecular weight excluding hydrogens is 232 g/mol. The third-order valence-electron chi connectivity index (χ3n) is 3.25. The Balaban J connectivity index is 2.23. The fraction of sp³-hybridized carbons (Fsp3) is 0.353. The van der Waals surface area contributed by atoms with E-state index in [1.807, 2.05) is 19.1 Å². The van der Waals surface area contributed by atoms with Crippen molar-refractivity contribution in [2.45, 2.75) is 39.3 Å². The van der Waals surface area contributed by atoms with E-state index in [-0.39, 0.29) is 6.04 Å². The van der Waals surface area contributed by atoms with E-state index in [1.165, 1.54) is 10.9 Å². The molecule has 1 N–H and O–H groups in total. The zero-order valence-electron chi connectivity index (χ0n) is 11.6. The summed E-state index contributed by atoms with van der Waals surface area (Å²) in [5.41, 5.74) is 3.36. The van der Waals surface area contributed by atoms with Gasteiger partial charge >= 0.3 is 0 Å². The first-order valence-corrected chi connectivity index (χ1v) is 6.79. The minimum Gasteiger partial charge on any atom is -0.300 e. The van der Waals surface area contributed by atoms with Gasteiger partial charge in [-0.2, -0.15) is 0 Å². The fourth-order valence-electron chi connectivity index (χ4n) is 2.31. The average molecular weight is 252 g/mol. The molecule has 98 valence electrons. The molecule has 2 rings (SSSR count). The van der Waals surface area contributed by atoms with Crippen LogP contribution >= 0.6 is 0 Å². The molecule has 0 amide bonds. The number of pyridine rings is 1. The first-order valence-electron chi connectivity index (χ1n) is 6.79. The monoisotopic (exact) mass is 252 g/mol. The van der Waals surface area contributed by atoms with Gasteiger partial charge < -0.3 is 0 Å². The number of hydrogen-bond acceptors (Lipinski definition) is 2. The standard InChI is InChI=1S/C17H20N2/c1-4-8-15(5-2)18-12-14-11-13(3)19-17-10-7-6-9-16(14)17/h2,6-7,9-11,15,18H,4,8,12H2,1,3H3. The highest BCUT2D eigenvalue weighted by molar-refractivity contribution is 5.82. The molecule has 0 aliphatic carbocycles. The maximum atomic E-state index is 5.54. The Labute approximate surface area is 115 Å². The van der Waals surface area contributed by atoms with Gasteiger partial charge in [0.1, 0.15) is 0 Å². The lowest BCUT2D eigenvalue weighted by molar-refractivity contribution is 0.564. The van der Waals surface area contributed by atoms with Crippen molar-refractivity contribution in [1.29, 1.82) is 0 Å². The van der Waals surface area contributed by atoms with Crippen molar-refractivity contribution in [3.63, 3.8) is 0 Å². The van der Waals surface area contributed by atoms with E-state index >= 15 is 0 Å². The van der Waals surface area contributed by atoms with Crippen LogP contribution in [0, 0.1) is 19.3 Å². The Hall–Kier alpha value is -1.85. The van der Waals surface area contributed by atoms with Gasteiger partial charge in [0, 0.05) is 17.6 Å². The molecule has 1 atom stereocenters. The number of benzene rings is 1. The van der Waals surface area contributed by atoms with Gasteiger partial charge in [-0.05, 0) is 31.0 Å². The van der Waals surface area contributed by atoms with Gasteiger partial charge in [-0.3, -0.25) is 10.3 Å². The molecule has 2 nitrogen and oxygen atoms in total. The minimum absolute atomic E-state index is 0.150. The Morgan fingerprint density at radius 3 is 2.89 bits per heavy atom. The van der Waals surface area contributed by atoms with Crippen molar-refractivity contribution in [2.75, 3.05) is 0 Å². The van der Waals surface area contributed by atoms with Gasteiger partial charge in [-0.1, -0.05) is 37.5 Å². The van der Waals surface area contributed by atoms with Crippen molar-refractivity contribution in [3.8, 4) is 12.3 Å². The summed E-state index contributed by atoms with van der Waals surface area (Å²) in [4.78, 5) is 4.55. The number of fused-ring (bicyclic) bond motifs is 1. The lowest BCUT2D eigenvalue weighted by Gasteiger charge is -2.13. The van der Waals surface area contributed by atoms with Crippen LogP contribution in [0.5, 0.6) is 0 Å². The van der Waals surface area contributed by atoms with Crippen LogP contribution in [0.3, 0.4) is 0 Å². The predicted octanol–water partition coefficient (Wildman–Crippen LogP) is 3.43. The third-order valence-corrected chi connectivity index (χ3v) is 3.25. The van der Waals surface area contributed by atoms with Gasteiger partial charge in [0.15, 0.2) is 0 Å². The van der Waals surface area contributed by atoms with Crippen LogP contribution in [-0.2, 0) is 6.54 Å². The zero-order chi connectivity index (χ0) is 13.7. The molecule has 1 heterocycles. The van der Waals surface area contributed by atoms with Crippen molar-refractivity contribution in [3.05, 3.63) is 41.6 Å². The zero-order valence-corrected chi connectivity index (χ0v) is 11.6. The average Bonchev–Trinajstić information content (AvgIpc) is 2.43. The van der Waals surface area contributed by atoms with Crippen LogP contribution in [0.15, 0.2) is 30.3 Å². The summed E-state index contributed by atoms with van der Waals surface area (Å²) in [6.45, 7) is 4.97. The third kappa shape index (κ3) is 3.33. The van der Waals surface area contributed by atoms with Crippen molar-refractivity contribution in [2.24, 2.45) is 0 Å². The highest BCUT2D eigenvalue weighted by atomic mass is 14.9. The van der Waals surface area contributed by atoms with Crippen LogP contribution in [0.4, 0.5) is 0 Å². The smallest absolute Gasteiger partial charge is 0.0708 e. The summed E-state index contributed by atoms with van der Waals surface area (Å²) in [6, 6.07) is 10.5. The van der Waals surface area contributed by atoms with E-state index in [9.17, 15) is 0 Å². The topological polar surface area (TPSA) is 24.9 Å². The summed E-state index contributed by atoms with van der Waals surface area (Å²) in [5, 5.41) is 4.64. The molecule has 0 saturated carbocycles. The molecule has 1 unspecified atom stereocenters. The number of aryl methyl sites for hydroxylation is 1. The number of aromatic nitrogens is 1. The van der Waals surface area contributed by atoms with Crippen molar-refractivity contribution in [1.82, 2.24) is 10.3 Å². The van der Waals surface area contributed by atoms with Crippen molar-refractivity contribution >= 4 is 10.9 Å². The Bertz CT molecular complexity index is 596. The summed E-state index contributed by atoms with van der Waals surface area (Å²) < 4.78 is 0. The SMILES string of the molecule is C#CC(CCC)NCc1cc(C)nc2ccccc12. The molecule has 1 aromatic carbocycles. The normalized spacial score (nSPS) is 12.3. The molecule has 2 aromatic rings. The number of para-hydroxylation sites is 1. The second kappa shape index (κ2) is 6.36. The van der Waals surface area contributed by atoms with Crippen LogP contribution < -0.4 is 5.32 Å². The van der Waals surface area contributed by atoms with Gasteiger partial charge in [-0.25, -0.2) is 0 Å². The predicted molar refractivity (Wildman–Crippen MR) is 80.8 cm³/mol. The largest absolute Gasteiger partial charge is 0.300 e. The highest BCUT2D eigenvalue weighted by Gasteiger charge is 2.06. The second-order valence-electron chi connectivity index (χ2n) is 4.83. The lowest BCUT2D eigenvalue weighted by atomic mass is 10.1. The molecule has 1 aromatic heterocycles. The number of rotatable bonds is 5. The van der Waals surface area contributed by atoms with Crippen LogP contribution in [-0.4, -0.2) is 11.0 Å². The minimum atomic E-state index is 0.150. The number of nitrogens with zero attached hydrogens (tertiary/aromatic N) is 1. The summed E-state index contributed by atoms with van der Waals surface area (Å²) in [5.74, 6) is 2.81. The molecular formula is C17H20N2. The molecule has 0 spiro atoms.